The monoisotopic (exact) mass is 150 g/mol. The van der Waals surface area contributed by atoms with Crippen molar-refractivity contribution >= 4 is 24.8 Å². The van der Waals surface area contributed by atoms with Gasteiger partial charge in [0.25, 0.3) is 0 Å². The Kier molecular flexibility index (Phi) is 60.3. The quantitative estimate of drug-likeness (QED) is 0.464. The zero-order valence-corrected chi connectivity index (χ0v) is 6.51. The molecule has 0 amide bonds. The van der Waals surface area contributed by atoms with Gasteiger partial charge in [-0.05, 0) is 0 Å². The number of halogens is 2. The fourth-order valence-corrected chi connectivity index (χ4v) is 0. The van der Waals surface area contributed by atoms with E-state index < -0.39 is 0 Å². The zero-order valence-electron chi connectivity index (χ0n) is 3.32. The summed E-state index contributed by atoms with van der Waals surface area (Å²) in [6, 6.07) is 0. The van der Waals surface area contributed by atoms with E-state index in [9.17, 15) is 0 Å². The van der Waals surface area contributed by atoms with Gasteiger partial charge in [0.1, 0.15) is 0 Å². The molecule has 0 N–H and O–H groups in total. The van der Waals surface area contributed by atoms with Crippen molar-refractivity contribution < 1.29 is 19.2 Å². The van der Waals surface area contributed by atoms with Crippen LogP contribution in [-0.4, -0.2) is 0 Å². The molecule has 0 aromatic rings. The van der Waals surface area contributed by atoms with Gasteiger partial charge in [0.2, 0.25) is 0 Å². The third kappa shape index (κ3) is 34.3. The van der Waals surface area contributed by atoms with E-state index >= 15 is 0 Å². The van der Waals surface area contributed by atoms with Gasteiger partial charge < -0.3 is 0 Å². The summed E-state index contributed by atoms with van der Waals surface area (Å²) in [4.78, 5) is 0. The molecule has 0 unspecified atom stereocenters. The molecule has 0 saturated heterocycles. The summed E-state index contributed by atoms with van der Waals surface area (Å²) >= 11 is 0.500. The molecule has 0 aromatic heterocycles. The first-order valence-corrected chi connectivity index (χ1v) is 4.12. The topological polar surface area (TPSA) is 0 Å². The van der Waals surface area contributed by atoms with Gasteiger partial charge in [-0.25, -0.2) is 0 Å². The minimum atomic E-state index is 0. The molecule has 0 aliphatic heterocycles. The molecule has 34 valence electrons. The molecular weight excluding hydrogens is 143 g/mol. The van der Waals surface area contributed by atoms with E-state index in [1.54, 1.807) is 0 Å². The van der Waals surface area contributed by atoms with Crippen molar-refractivity contribution in [2.75, 3.05) is 0 Å². The van der Waals surface area contributed by atoms with Crippen LogP contribution < -0.4 is 0 Å². The normalized spacial score (nSPS) is 2.80. The number of hydrogen-bond donors (Lipinski definition) is 0. The molecule has 0 bridgehead atoms. The van der Waals surface area contributed by atoms with Crippen LogP contribution in [0.25, 0.3) is 0 Å². The van der Waals surface area contributed by atoms with Gasteiger partial charge in [0, 0.05) is 0 Å². The Balaban J connectivity index is -0.0000000200. The Morgan fingerprint density at radius 3 is 1.00 bits per heavy atom. The van der Waals surface area contributed by atoms with Crippen LogP contribution in [-0.2, 0) is 19.2 Å². The van der Waals surface area contributed by atoms with Crippen molar-refractivity contribution in [2.24, 2.45) is 0 Å². The van der Waals surface area contributed by atoms with Crippen molar-refractivity contribution in [1.29, 1.82) is 0 Å². The predicted molar refractivity (Wildman–Crippen MR) is 26.2 cm³/mol. The van der Waals surface area contributed by atoms with Crippen molar-refractivity contribution in [3.8, 4) is 0 Å². The second kappa shape index (κ2) is 18.5. The van der Waals surface area contributed by atoms with E-state index in [2.05, 4.69) is 10.5 Å². The van der Waals surface area contributed by atoms with Crippen LogP contribution in [0.15, 0.2) is 0 Å². The second-order valence-electron chi connectivity index (χ2n) is 0.500. The van der Waals surface area contributed by atoms with Crippen LogP contribution in [0.4, 0.5) is 0 Å². The van der Waals surface area contributed by atoms with E-state index in [-0.39, 0.29) is 24.8 Å². The average Bonchev–Trinajstić information content (AvgIpc) is 0.918. The summed E-state index contributed by atoms with van der Waals surface area (Å²) in [5.41, 5.74) is 0. The van der Waals surface area contributed by atoms with Gasteiger partial charge in [0.05, 0.1) is 0 Å². The number of hydrogen-bond acceptors (Lipinski definition) is 0. The van der Waals surface area contributed by atoms with Crippen LogP contribution in [0.5, 0.6) is 0 Å². The summed E-state index contributed by atoms with van der Waals surface area (Å²) in [7, 11) is 0. The molecule has 5 heavy (non-hydrogen) atoms. The molecular formula is C2H8Cl2Ti. The summed E-state index contributed by atoms with van der Waals surface area (Å²) in [5.74, 6) is 0. The Hall–Kier alpha value is 1.29. The molecule has 0 heterocycles. The first-order valence-electron chi connectivity index (χ1n) is 1.00. The third-order valence-electron chi connectivity index (χ3n) is 0. The summed E-state index contributed by atoms with van der Waals surface area (Å²) in [5, 5.41) is 4.50. The molecule has 0 aliphatic rings. The van der Waals surface area contributed by atoms with Crippen molar-refractivity contribution in [3.05, 3.63) is 0 Å². The first kappa shape index (κ1) is 16.3. The Labute approximate surface area is 54.5 Å². The average molecular weight is 151 g/mol. The zero-order chi connectivity index (χ0) is 2.71. The van der Waals surface area contributed by atoms with Crippen molar-refractivity contribution in [3.63, 3.8) is 0 Å². The second-order valence-corrected chi connectivity index (χ2v) is 2.06. The third-order valence-corrected chi connectivity index (χ3v) is 0. The van der Waals surface area contributed by atoms with Crippen LogP contribution in [0.1, 0.15) is 0 Å². The van der Waals surface area contributed by atoms with Gasteiger partial charge in [-0.2, -0.15) is 0 Å². The van der Waals surface area contributed by atoms with Crippen LogP contribution in [0.3, 0.4) is 0 Å². The fourth-order valence-electron chi connectivity index (χ4n) is 0. The fraction of sp³-hybridized carbons (Fsp3) is 1.00. The van der Waals surface area contributed by atoms with Gasteiger partial charge in [-0.15, -0.1) is 24.8 Å². The maximum atomic E-state index is 2.25. The molecule has 0 spiro atoms. The van der Waals surface area contributed by atoms with Crippen molar-refractivity contribution in [1.82, 2.24) is 0 Å². The molecule has 0 fully saturated rings. The van der Waals surface area contributed by atoms with Gasteiger partial charge in [-0.3, -0.25) is 0 Å². The standard InChI is InChI=1S/2CH3.2ClH.Ti/h2*1H3;2*1H;. The summed E-state index contributed by atoms with van der Waals surface area (Å²) < 4.78 is 0. The molecule has 0 radical (unpaired) electrons. The molecule has 0 nitrogen and oxygen atoms in total. The molecule has 0 saturated carbocycles. The predicted octanol–water partition coefficient (Wildman–Crippen LogP) is 2.01. The van der Waals surface area contributed by atoms with Gasteiger partial charge in [0.15, 0.2) is 0 Å². The minimum absolute atomic E-state index is 0. The van der Waals surface area contributed by atoms with Crippen LogP contribution in [0.2, 0.25) is 10.5 Å². The SMILES string of the molecule is Cl.Cl.[CH3][Ti][CH3]. The van der Waals surface area contributed by atoms with Gasteiger partial charge >= 0.3 is 29.6 Å². The van der Waals surface area contributed by atoms with Crippen LogP contribution >= 0.6 is 24.8 Å². The molecule has 0 atom stereocenters. The maximum absolute atomic E-state index is 2.25. The molecule has 0 aromatic carbocycles. The van der Waals surface area contributed by atoms with Gasteiger partial charge in [-0.1, -0.05) is 0 Å². The van der Waals surface area contributed by atoms with E-state index in [0.29, 0.717) is 19.2 Å². The van der Waals surface area contributed by atoms with E-state index in [1.165, 1.54) is 0 Å². The molecule has 3 heteroatoms. The Morgan fingerprint density at radius 1 is 1.00 bits per heavy atom. The first-order chi connectivity index (χ1) is 1.41. The number of rotatable bonds is 0. The van der Waals surface area contributed by atoms with Crippen molar-refractivity contribution in [2.45, 2.75) is 10.5 Å². The summed E-state index contributed by atoms with van der Waals surface area (Å²) in [6.45, 7) is 0. The van der Waals surface area contributed by atoms with E-state index in [4.69, 9.17) is 0 Å². The molecule has 0 aliphatic carbocycles. The Morgan fingerprint density at radius 2 is 1.00 bits per heavy atom. The van der Waals surface area contributed by atoms with E-state index in [1.807, 2.05) is 0 Å². The summed E-state index contributed by atoms with van der Waals surface area (Å²) in [6.07, 6.45) is 0. The van der Waals surface area contributed by atoms with Crippen LogP contribution in [0, 0.1) is 0 Å². The van der Waals surface area contributed by atoms with E-state index in [0.717, 1.165) is 0 Å². The molecule has 0 rings (SSSR count). The Bertz CT molecular complexity index is 7.61.